The summed E-state index contributed by atoms with van der Waals surface area (Å²) in [6.07, 6.45) is -6.67. The van der Waals surface area contributed by atoms with Crippen LogP contribution < -0.4 is 4.74 Å². The Balaban J connectivity index is 2.50. The van der Waals surface area contributed by atoms with Gasteiger partial charge in [0.1, 0.15) is 5.75 Å². The first-order valence-electron chi connectivity index (χ1n) is 8.04. The van der Waals surface area contributed by atoms with E-state index in [0.717, 1.165) is 0 Å². The highest BCUT2D eigenvalue weighted by molar-refractivity contribution is 8.33. The molecule has 0 saturated carbocycles. The Bertz CT molecular complexity index is 861. The van der Waals surface area contributed by atoms with E-state index < -0.39 is 43.7 Å². The van der Waals surface area contributed by atoms with Crippen LogP contribution in [0.2, 0.25) is 0 Å². The predicted molar refractivity (Wildman–Crippen MR) is 88.7 cm³/mol. The summed E-state index contributed by atoms with van der Waals surface area (Å²) in [6.45, 7) is 0. The van der Waals surface area contributed by atoms with E-state index in [1.54, 1.807) is 0 Å². The van der Waals surface area contributed by atoms with Crippen molar-refractivity contribution in [2.24, 2.45) is 0 Å². The monoisotopic (exact) mass is 494 g/mol. The topological polar surface area (TPSA) is 52.6 Å². The molecule has 2 rings (SSSR count). The molecule has 0 radical (unpaired) electrons. The average Bonchev–Trinajstić information content (AvgIpc) is 3.09. The van der Waals surface area contributed by atoms with Crippen molar-refractivity contribution in [2.45, 2.75) is 41.0 Å². The summed E-state index contributed by atoms with van der Waals surface area (Å²) in [5.41, 5.74) is 0. The number of benzene rings is 1. The highest BCUT2D eigenvalue weighted by Crippen LogP contribution is 2.65. The summed E-state index contributed by atoms with van der Waals surface area (Å²) in [6, 6.07) is 5.02. The lowest BCUT2D eigenvalue weighted by Crippen LogP contribution is -2.63. The van der Waals surface area contributed by atoms with Crippen molar-refractivity contribution in [3.63, 3.8) is 0 Å². The van der Waals surface area contributed by atoms with Gasteiger partial charge in [0.05, 0.1) is 7.11 Å². The molecular weight excluding hydrogens is 479 g/mol. The molecule has 0 N–H and O–H groups in total. The Morgan fingerprint density at radius 3 is 1.70 bits per heavy atom. The number of halogens is 9. The molecule has 0 amide bonds. The van der Waals surface area contributed by atoms with Gasteiger partial charge in [-0.15, -0.1) is 0 Å². The first-order chi connectivity index (χ1) is 13.5. The smallest absolute Gasteiger partial charge is 0.460 e. The van der Waals surface area contributed by atoms with Gasteiger partial charge in [-0.2, -0.15) is 47.9 Å². The van der Waals surface area contributed by atoms with Crippen LogP contribution in [0.5, 0.6) is 5.75 Å². The lowest BCUT2D eigenvalue weighted by atomic mass is 10.1. The SMILES string of the molecule is COc1ccc(S2(OS(=O)(=O)C(F)(F)C(F)(F)C(F)(F)C(F)(F)F)CCCC2)cc1. The third kappa shape index (κ3) is 3.83. The Morgan fingerprint density at radius 2 is 1.30 bits per heavy atom. The van der Waals surface area contributed by atoms with Crippen molar-refractivity contribution in [2.75, 3.05) is 18.6 Å². The molecular formula is C15H15F9O4S2. The number of ether oxygens (including phenoxy) is 1. The predicted octanol–water partition coefficient (Wildman–Crippen LogP) is 5.34. The summed E-state index contributed by atoms with van der Waals surface area (Å²) in [4.78, 5) is 0.00562. The van der Waals surface area contributed by atoms with Gasteiger partial charge in [0.15, 0.2) is 0 Å². The van der Waals surface area contributed by atoms with Gasteiger partial charge in [-0.3, -0.25) is 0 Å². The fourth-order valence-electron chi connectivity index (χ4n) is 2.67. The lowest BCUT2D eigenvalue weighted by Gasteiger charge is -2.38. The zero-order valence-corrected chi connectivity index (χ0v) is 16.6. The summed E-state index contributed by atoms with van der Waals surface area (Å²) in [7, 11) is -8.86. The van der Waals surface area contributed by atoms with Gasteiger partial charge in [-0.05, 0) is 37.1 Å². The van der Waals surface area contributed by atoms with Gasteiger partial charge in [0.2, 0.25) is 0 Å². The van der Waals surface area contributed by atoms with Crippen molar-refractivity contribution in [3.05, 3.63) is 24.3 Å². The molecule has 1 fully saturated rings. The van der Waals surface area contributed by atoms with Crippen LogP contribution in [0.1, 0.15) is 12.8 Å². The molecule has 4 nitrogen and oxygen atoms in total. The normalized spacial score (nSPS) is 19.5. The molecule has 0 aromatic heterocycles. The molecule has 1 aromatic carbocycles. The van der Waals surface area contributed by atoms with Crippen molar-refractivity contribution < 1.29 is 56.3 Å². The van der Waals surface area contributed by atoms with Crippen molar-refractivity contribution in [3.8, 4) is 5.75 Å². The highest BCUT2D eigenvalue weighted by Gasteiger charge is 2.86. The minimum Gasteiger partial charge on any atom is -0.497 e. The van der Waals surface area contributed by atoms with Gasteiger partial charge >= 0.3 is 33.4 Å². The molecule has 1 saturated heterocycles. The summed E-state index contributed by atoms with van der Waals surface area (Å²) >= 11 is 0. The zero-order chi connectivity index (χ0) is 23.2. The van der Waals surface area contributed by atoms with Crippen LogP contribution in [0.15, 0.2) is 29.2 Å². The second kappa shape index (κ2) is 7.65. The first kappa shape index (κ1) is 24.9. The van der Waals surface area contributed by atoms with Gasteiger partial charge in [-0.25, -0.2) is 3.63 Å². The molecule has 1 aliphatic rings. The molecule has 174 valence electrons. The van der Waals surface area contributed by atoms with Crippen LogP contribution in [0, 0.1) is 0 Å². The van der Waals surface area contributed by atoms with Crippen molar-refractivity contribution >= 4 is 20.4 Å². The second-order valence-electron chi connectivity index (χ2n) is 6.29. The third-order valence-electron chi connectivity index (χ3n) is 4.34. The van der Waals surface area contributed by atoms with Crippen molar-refractivity contribution in [1.29, 1.82) is 0 Å². The van der Waals surface area contributed by atoms with Crippen LogP contribution in [0.4, 0.5) is 39.5 Å². The summed E-state index contributed by atoms with van der Waals surface area (Å²) in [5.74, 6) is -14.8. The molecule has 0 spiro atoms. The Kier molecular flexibility index (Phi) is 6.36. The zero-order valence-electron chi connectivity index (χ0n) is 15.0. The molecule has 0 bridgehead atoms. The number of methoxy groups -OCH3 is 1. The van der Waals surface area contributed by atoms with Gasteiger partial charge in [0.25, 0.3) is 0 Å². The molecule has 0 atom stereocenters. The maximum Gasteiger partial charge on any atom is 0.460 e. The maximum atomic E-state index is 14.0. The third-order valence-corrected chi connectivity index (χ3v) is 10.0. The molecule has 1 aromatic rings. The van der Waals surface area contributed by atoms with E-state index in [1.165, 1.54) is 31.4 Å². The standard InChI is InChI=1S/C15H15F9O4S2/c1-27-10-4-6-11(7-5-10)29(8-2-3-9-29)28-30(25,26)15(23,24)13(18,19)12(16,17)14(20,21)22/h4-7H,2-3,8-9H2,1H3. The molecule has 0 unspecified atom stereocenters. The van der Waals surface area contributed by atoms with Gasteiger partial charge in [0, 0.05) is 16.4 Å². The molecule has 30 heavy (non-hydrogen) atoms. The van der Waals surface area contributed by atoms with Crippen LogP contribution in [-0.2, 0) is 13.7 Å². The van der Waals surface area contributed by atoms with Crippen molar-refractivity contribution in [1.82, 2.24) is 0 Å². The Labute approximate surface area is 167 Å². The second-order valence-corrected chi connectivity index (χ2v) is 11.2. The minimum absolute atomic E-state index is 0.00562. The van der Waals surface area contributed by atoms with E-state index in [1.807, 2.05) is 0 Å². The first-order valence-corrected chi connectivity index (χ1v) is 11.3. The fourth-order valence-corrected chi connectivity index (χ4v) is 8.33. The van der Waals surface area contributed by atoms with E-state index >= 15 is 0 Å². The van der Waals surface area contributed by atoms with Crippen LogP contribution in [-0.4, -0.2) is 50.3 Å². The minimum atomic E-state index is -7.34. The van der Waals surface area contributed by atoms with Crippen LogP contribution in [0.25, 0.3) is 0 Å². The van der Waals surface area contributed by atoms with E-state index in [9.17, 15) is 47.9 Å². The van der Waals surface area contributed by atoms with E-state index in [0.29, 0.717) is 0 Å². The quantitative estimate of drug-likeness (QED) is 0.481. The molecule has 15 heteroatoms. The largest absolute Gasteiger partial charge is 0.497 e. The lowest BCUT2D eigenvalue weighted by molar-refractivity contribution is -0.382. The van der Waals surface area contributed by atoms with E-state index in [4.69, 9.17) is 4.74 Å². The van der Waals surface area contributed by atoms with Crippen LogP contribution >= 0.6 is 10.3 Å². The van der Waals surface area contributed by atoms with Crippen LogP contribution in [0.3, 0.4) is 0 Å². The maximum absolute atomic E-state index is 14.0. The Morgan fingerprint density at radius 1 is 0.833 bits per heavy atom. The highest BCUT2D eigenvalue weighted by atomic mass is 32.3. The summed E-state index contributed by atoms with van der Waals surface area (Å²) < 4.78 is 151. The van der Waals surface area contributed by atoms with Gasteiger partial charge < -0.3 is 4.74 Å². The Hall–Kier alpha value is -1.35. The fraction of sp³-hybridized carbons (Fsp3) is 0.600. The van der Waals surface area contributed by atoms with E-state index in [2.05, 4.69) is 3.63 Å². The average molecular weight is 494 g/mol. The summed E-state index contributed by atoms with van der Waals surface area (Å²) in [5, 5.41) is -6.87. The molecule has 1 aliphatic heterocycles. The van der Waals surface area contributed by atoms with E-state index in [-0.39, 0.29) is 35.0 Å². The molecule has 0 aliphatic carbocycles. The van der Waals surface area contributed by atoms with Gasteiger partial charge in [-0.1, -0.05) is 10.3 Å². The number of rotatable bonds is 7. The number of hydrogen-bond acceptors (Lipinski definition) is 4. The number of alkyl halides is 9. The molecule has 1 heterocycles. The number of hydrogen-bond donors (Lipinski definition) is 0.